The average molecular weight is 400 g/mol. The lowest BCUT2D eigenvalue weighted by Gasteiger charge is -2.31. The highest BCUT2D eigenvalue weighted by Crippen LogP contribution is 2.35. The Labute approximate surface area is 175 Å². The van der Waals surface area contributed by atoms with Crippen molar-refractivity contribution in [2.45, 2.75) is 12.1 Å². The summed E-state index contributed by atoms with van der Waals surface area (Å²) in [5, 5.41) is 7.10. The molecular formula is C26H22F2N2. The van der Waals surface area contributed by atoms with Gasteiger partial charge in [0.05, 0.1) is 12.1 Å². The third-order valence-electron chi connectivity index (χ3n) is 4.98. The van der Waals surface area contributed by atoms with Gasteiger partial charge in [-0.25, -0.2) is 8.78 Å². The Morgan fingerprint density at radius 2 is 0.767 bits per heavy atom. The lowest BCUT2D eigenvalue weighted by Crippen LogP contribution is -2.25. The maximum atomic E-state index is 13.4. The van der Waals surface area contributed by atoms with Crippen molar-refractivity contribution in [2.24, 2.45) is 0 Å². The van der Waals surface area contributed by atoms with E-state index in [2.05, 4.69) is 34.9 Å². The van der Waals surface area contributed by atoms with Crippen LogP contribution in [0.2, 0.25) is 0 Å². The molecule has 30 heavy (non-hydrogen) atoms. The molecule has 2 atom stereocenters. The predicted molar refractivity (Wildman–Crippen MR) is 118 cm³/mol. The lowest BCUT2D eigenvalue weighted by molar-refractivity contribution is 0.624. The fraction of sp³-hybridized carbons (Fsp3) is 0.0769. The van der Waals surface area contributed by atoms with Crippen LogP contribution in [0.15, 0.2) is 109 Å². The van der Waals surface area contributed by atoms with Gasteiger partial charge in [-0.1, -0.05) is 60.7 Å². The van der Waals surface area contributed by atoms with Crippen LogP contribution < -0.4 is 10.6 Å². The Bertz CT molecular complexity index is 961. The maximum Gasteiger partial charge on any atom is 0.123 e. The van der Waals surface area contributed by atoms with E-state index in [0.29, 0.717) is 0 Å². The smallest absolute Gasteiger partial charge is 0.123 e. The number of halogens is 2. The van der Waals surface area contributed by atoms with Gasteiger partial charge in [-0.15, -0.1) is 0 Å². The fourth-order valence-corrected chi connectivity index (χ4v) is 3.49. The van der Waals surface area contributed by atoms with Gasteiger partial charge >= 0.3 is 0 Å². The minimum absolute atomic E-state index is 0.163. The second kappa shape index (κ2) is 9.23. The zero-order valence-corrected chi connectivity index (χ0v) is 16.3. The van der Waals surface area contributed by atoms with E-state index in [4.69, 9.17) is 0 Å². The summed E-state index contributed by atoms with van der Waals surface area (Å²) >= 11 is 0. The molecular weight excluding hydrogens is 378 g/mol. The molecule has 4 aromatic carbocycles. The zero-order valence-electron chi connectivity index (χ0n) is 16.3. The first-order valence-corrected chi connectivity index (χ1v) is 9.83. The van der Waals surface area contributed by atoms with Crippen LogP contribution in [-0.2, 0) is 0 Å². The van der Waals surface area contributed by atoms with Crippen molar-refractivity contribution in [1.82, 2.24) is 0 Å². The molecule has 0 aliphatic rings. The van der Waals surface area contributed by atoms with Crippen LogP contribution in [0, 0.1) is 11.6 Å². The molecule has 0 saturated heterocycles. The number of hydrogen-bond donors (Lipinski definition) is 2. The van der Waals surface area contributed by atoms with E-state index in [1.807, 2.05) is 36.4 Å². The molecule has 0 heterocycles. The van der Waals surface area contributed by atoms with Crippen molar-refractivity contribution in [3.05, 3.63) is 132 Å². The van der Waals surface area contributed by atoms with Crippen molar-refractivity contribution in [3.8, 4) is 0 Å². The number of benzene rings is 4. The summed E-state index contributed by atoms with van der Waals surface area (Å²) in [5.74, 6) is -0.554. The van der Waals surface area contributed by atoms with Crippen LogP contribution in [0.3, 0.4) is 0 Å². The first-order valence-electron chi connectivity index (χ1n) is 9.83. The van der Waals surface area contributed by atoms with Gasteiger partial charge in [0.15, 0.2) is 0 Å². The first kappa shape index (κ1) is 19.6. The number of hydrogen-bond acceptors (Lipinski definition) is 2. The molecule has 0 aromatic heterocycles. The van der Waals surface area contributed by atoms with Gasteiger partial charge < -0.3 is 10.6 Å². The Morgan fingerprint density at radius 1 is 0.433 bits per heavy atom. The molecule has 150 valence electrons. The zero-order chi connectivity index (χ0) is 20.8. The van der Waals surface area contributed by atoms with E-state index < -0.39 is 0 Å². The van der Waals surface area contributed by atoms with Crippen molar-refractivity contribution in [1.29, 1.82) is 0 Å². The maximum absolute atomic E-state index is 13.4. The molecule has 4 heteroatoms. The van der Waals surface area contributed by atoms with Gasteiger partial charge in [0.2, 0.25) is 0 Å². The molecule has 2 N–H and O–H groups in total. The quantitative estimate of drug-likeness (QED) is 0.350. The van der Waals surface area contributed by atoms with Crippen LogP contribution in [0.4, 0.5) is 20.2 Å². The molecule has 0 fully saturated rings. The van der Waals surface area contributed by atoms with Gasteiger partial charge in [0.1, 0.15) is 11.6 Å². The van der Waals surface area contributed by atoms with Crippen LogP contribution in [0.25, 0.3) is 0 Å². The minimum atomic E-state index is -0.277. The van der Waals surface area contributed by atoms with Crippen LogP contribution in [0.1, 0.15) is 23.2 Å². The van der Waals surface area contributed by atoms with E-state index in [9.17, 15) is 8.78 Å². The Hall–Kier alpha value is -3.66. The van der Waals surface area contributed by atoms with E-state index in [-0.39, 0.29) is 23.7 Å². The number of anilines is 2. The van der Waals surface area contributed by atoms with Crippen molar-refractivity contribution in [3.63, 3.8) is 0 Å². The molecule has 0 bridgehead atoms. The highest BCUT2D eigenvalue weighted by atomic mass is 19.1. The van der Waals surface area contributed by atoms with E-state index in [1.54, 1.807) is 24.3 Å². The van der Waals surface area contributed by atoms with Gasteiger partial charge in [0.25, 0.3) is 0 Å². The Kier molecular flexibility index (Phi) is 6.04. The summed E-state index contributed by atoms with van der Waals surface area (Å²) in [6, 6.07) is 32.5. The molecule has 0 saturated carbocycles. The highest BCUT2D eigenvalue weighted by molar-refractivity contribution is 5.51. The van der Waals surface area contributed by atoms with Crippen molar-refractivity contribution in [2.75, 3.05) is 10.6 Å². The Balaban J connectivity index is 1.75. The molecule has 0 spiro atoms. The highest BCUT2D eigenvalue weighted by Gasteiger charge is 2.25. The second-order valence-electron chi connectivity index (χ2n) is 7.08. The topological polar surface area (TPSA) is 24.1 Å². The third kappa shape index (κ3) is 4.84. The van der Waals surface area contributed by atoms with Gasteiger partial charge in [-0.3, -0.25) is 0 Å². The van der Waals surface area contributed by atoms with Gasteiger partial charge in [-0.2, -0.15) is 0 Å². The molecule has 0 aliphatic carbocycles. The molecule has 0 aliphatic heterocycles. The molecule has 4 aromatic rings. The van der Waals surface area contributed by atoms with E-state index >= 15 is 0 Å². The third-order valence-corrected chi connectivity index (χ3v) is 4.98. The average Bonchev–Trinajstić information content (AvgIpc) is 2.80. The molecule has 0 radical (unpaired) electrons. The molecule has 2 nitrogen and oxygen atoms in total. The van der Waals surface area contributed by atoms with Gasteiger partial charge in [-0.05, 0) is 59.7 Å². The summed E-state index contributed by atoms with van der Waals surface area (Å²) in [5.41, 5.74) is 3.77. The molecule has 0 unspecified atom stereocenters. The molecule has 0 amide bonds. The largest absolute Gasteiger partial charge is 0.376 e. The fourth-order valence-electron chi connectivity index (χ4n) is 3.49. The van der Waals surface area contributed by atoms with Crippen LogP contribution in [0.5, 0.6) is 0 Å². The number of nitrogens with one attached hydrogen (secondary N) is 2. The first-order chi connectivity index (χ1) is 14.7. The van der Waals surface area contributed by atoms with Gasteiger partial charge in [0, 0.05) is 11.4 Å². The summed E-state index contributed by atoms with van der Waals surface area (Å²) in [6.45, 7) is 0. The van der Waals surface area contributed by atoms with Crippen LogP contribution in [-0.4, -0.2) is 0 Å². The monoisotopic (exact) mass is 400 g/mol. The summed E-state index contributed by atoms with van der Waals surface area (Å²) in [4.78, 5) is 0. The Morgan fingerprint density at radius 3 is 1.10 bits per heavy atom. The predicted octanol–water partition coefficient (Wildman–Crippen LogP) is 6.97. The summed E-state index contributed by atoms with van der Waals surface area (Å²) < 4.78 is 26.8. The van der Waals surface area contributed by atoms with Crippen molar-refractivity contribution < 1.29 is 8.78 Å². The SMILES string of the molecule is Fc1ccc(N[C@H](c2ccccc2)[C@H](Nc2ccc(F)cc2)c2ccccc2)cc1. The second-order valence-corrected chi connectivity index (χ2v) is 7.08. The summed E-state index contributed by atoms with van der Waals surface area (Å²) in [6.07, 6.45) is 0. The van der Waals surface area contributed by atoms with E-state index in [1.165, 1.54) is 24.3 Å². The number of rotatable bonds is 7. The normalized spacial score (nSPS) is 12.7. The summed E-state index contributed by atoms with van der Waals surface area (Å²) in [7, 11) is 0. The molecule has 4 rings (SSSR count). The lowest BCUT2D eigenvalue weighted by atomic mass is 9.92. The van der Waals surface area contributed by atoms with E-state index in [0.717, 1.165) is 22.5 Å². The minimum Gasteiger partial charge on any atom is -0.376 e. The van der Waals surface area contributed by atoms with Crippen molar-refractivity contribution >= 4 is 11.4 Å². The standard InChI is InChI=1S/C26H22F2N2/c27-21-11-15-23(16-12-21)29-25(19-7-3-1-4-8-19)26(20-9-5-2-6-10-20)30-24-17-13-22(28)14-18-24/h1-18,25-26,29-30H/t25-,26-/m1/s1. The van der Waals surface area contributed by atoms with Crippen LogP contribution >= 0.6 is 0 Å².